The number of carbonyl (C=O) groups is 1. The monoisotopic (exact) mass is 181 g/mol. The molecule has 5 heteroatoms. The van der Waals surface area contributed by atoms with E-state index in [2.05, 4.69) is 0 Å². The fourth-order valence-electron chi connectivity index (χ4n) is 0.643. The molecular formula is C7H13F2NO2. The first-order valence-electron chi connectivity index (χ1n) is 3.81. The molecule has 0 saturated carbocycles. The zero-order valence-corrected chi connectivity index (χ0v) is 6.89. The highest BCUT2D eigenvalue weighted by atomic mass is 19.3. The largest absolute Gasteiger partial charge is 0.393 e. The van der Waals surface area contributed by atoms with E-state index in [1.807, 2.05) is 5.32 Å². The zero-order valence-electron chi connectivity index (χ0n) is 6.89. The summed E-state index contributed by atoms with van der Waals surface area (Å²) in [5.74, 6) is -1.28. The van der Waals surface area contributed by atoms with Crippen LogP contribution in [0.25, 0.3) is 0 Å². The molecule has 0 heterocycles. The Morgan fingerprint density at radius 3 is 2.58 bits per heavy atom. The van der Waals surface area contributed by atoms with Crippen molar-refractivity contribution in [3.05, 3.63) is 0 Å². The van der Waals surface area contributed by atoms with Gasteiger partial charge in [-0.2, -0.15) is 8.78 Å². The van der Waals surface area contributed by atoms with Gasteiger partial charge in [0.25, 0.3) is 5.91 Å². The summed E-state index contributed by atoms with van der Waals surface area (Å²) < 4.78 is 23.1. The average molecular weight is 181 g/mol. The van der Waals surface area contributed by atoms with Crippen LogP contribution in [0.2, 0.25) is 0 Å². The molecule has 3 nitrogen and oxygen atoms in total. The lowest BCUT2D eigenvalue weighted by atomic mass is 10.2. The number of hydrogen-bond donors (Lipinski definition) is 2. The second kappa shape index (κ2) is 5.88. The Morgan fingerprint density at radius 1 is 1.58 bits per heavy atom. The summed E-state index contributed by atoms with van der Waals surface area (Å²) in [6.07, 6.45) is -2.62. The van der Waals surface area contributed by atoms with Crippen LogP contribution in [0.4, 0.5) is 8.78 Å². The van der Waals surface area contributed by atoms with Crippen molar-refractivity contribution in [2.75, 3.05) is 6.54 Å². The molecule has 0 spiro atoms. The molecule has 0 fully saturated rings. The van der Waals surface area contributed by atoms with E-state index in [4.69, 9.17) is 5.11 Å². The maximum absolute atomic E-state index is 11.6. The Labute approximate surface area is 69.8 Å². The van der Waals surface area contributed by atoms with E-state index < -0.39 is 18.4 Å². The lowest BCUT2D eigenvalue weighted by molar-refractivity contribution is -0.131. The van der Waals surface area contributed by atoms with Crippen LogP contribution >= 0.6 is 0 Å². The molecule has 0 aliphatic rings. The van der Waals surface area contributed by atoms with Crippen molar-refractivity contribution in [3.8, 4) is 0 Å². The van der Waals surface area contributed by atoms with Crippen LogP contribution in [0.1, 0.15) is 19.8 Å². The molecule has 1 amide bonds. The van der Waals surface area contributed by atoms with Gasteiger partial charge in [0.2, 0.25) is 0 Å². The van der Waals surface area contributed by atoms with Gasteiger partial charge in [-0.25, -0.2) is 0 Å². The molecule has 0 aromatic heterocycles. The van der Waals surface area contributed by atoms with Gasteiger partial charge in [-0.1, -0.05) is 6.92 Å². The number of aliphatic hydroxyl groups is 1. The summed E-state index contributed by atoms with van der Waals surface area (Å²) >= 11 is 0. The Balaban J connectivity index is 3.37. The van der Waals surface area contributed by atoms with Crippen molar-refractivity contribution in [2.24, 2.45) is 0 Å². The minimum atomic E-state index is -2.97. The number of amides is 1. The molecule has 0 radical (unpaired) electrons. The molecule has 0 rings (SSSR count). The van der Waals surface area contributed by atoms with E-state index in [9.17, 15) is 13.6 Å². The van der Waals surface area contributed by atoms with Gasteiger partial charge in [0.15, 0.2) is 0 Å². The topological polar surface area (TPSA) is 49.3 Å². The molecular weight excluding hydrogens is 168 g/mol. The smallest absolute Gasteiger partial charge is 0.315 e. The fourth-order valence-corrected chi connectivity index (χ4v) is 0.643. The van der Waals surface area contributed by atoms with Crippen molar-refractivity contribution < 1.29 is 18.7 Å². The van der Waals surface area contributed by atoms with E-state index >= 15 is 0 Å². The Bertz CT molecular complexity index is 141. The van der Waals surface area contributed by atoms with Crippen LogP contribution in [0, 0.1) is 0 Å². The lowest BCUT2D eigenvalue weighted by Crippen LogP contribution is -2.31. The predicted molar refractivity (Wildman–Crippen MR) is 39.9 cm³/mol. The number of nitrogens with one attached hydrogen (secondary N) is 1. The van der Waals surface area contributed by atoms with E-state index in [1.54, 1.807) is 6.92 Å². The van der Waals surface area contributed by atoms with Crippen molar-refractivity contribution in [2.45, 2.75) is 32.3 Å². The maximum atomic E-state index is 11.6. The predicted octanol–water partition coefficient (Wildman–Crippen LogP) is 0.529. The number of rotatable bonds is 5. The third-order valence-electron chi connectivity index (χ3n) is 1.45. The standard InChI is InChI=1S/C7H13F2NO2/c1-2-5(11)3-4-10-7(12)6(8)9/h5-6,11H,2-4H2,1H3,(H,10,12). The van der Waals surface area contributed by atoms with Crippen LogP contribution < -0.4 is 5.32 Å². The van der Waals surface area contributed by atoms with Gasteiger partial charge >= 0.3 is 6.43 Å². The zero-order chi connectivity index (χ0) is 9.56. The first-order valence-corrected chi connectivity index (χ1v) is 3.81. The van der Waals surface area contributed by atoms with Gasteiger partial charge in [0, 0.05) is 6.54 Å². The molecule has 0 bridgehead atoms. The third-order valence-corrected chi connectivity index (χ3v) is 1.45. The molecule has 2 N–H and O–H groups in total. The summed E-state index contributed by atoms with van der Waals surface area (Å²) in [7, 11) is 0. The maximum Gasteiger partial charge on any atom is 0.315 e. The molecule has 0 aromatic carbocycles. The highest BCUT2D eigenvalue weighted by molar-refractivity contribution is 5.78. The first kappa shape index (κ1) is 11.3. The van der Waals surface area contributed by atoms with E-state index in [0.717, 1.165) is 0 Å². The fraction of sp³-hybridized carbons (Fsp3) is 0.857. The second-order valence-electron chi connectivity index (χ2n) is 2.44. The summed E-state index contributed by atoms with van der Waals surface area (Å²) in [6, 6.07) is 0. The van der Waals surface area contributed by atoms with Crippen LogP contribution in [-0.4, -0.2) is 30.1 Å². The normalized spacial score (nSPS) is 13.1. The third kappa shape index (κ3) is 5.01. The van der Waals surface area contributed by atoms with Crippen molar-refractivity contribution in [3.63, 3.8) is 0 Å². The van der Waals surface area contributed by atoms with Crippen LogP contribution in [0.3, 0.4) is 0 Å². The minimum Gasteiger partial charge on any atom is -0.393 e. The number of alkyl halides is 2. The number of carbonyl (C=O) groups excluding carboxylic acids is 1. The van der Waals surface area contributed by atoms with Crippen molar-refractivity contribution in [1.82, 2.24) is 5.32 Å². The van der Waals surface area contributed by atoms with Crippen LogP contribution in [0.15, 0.2) is 0 Å². The van der Waals surface area contributed by atoms with Gasteiger partial charge in [0.1, 0.15) is 0 Å². The quantitative estimate of drug-likeness (QED) is 0.650. The van der Waals surface area contributed by atoms with E-state index in [1.165, 1.54) is 0 Å². The highest BCUT2D eigenvalue weighted by Gasteiger charge is 2.13. The van der Waals surface area contributed by atoms with Crippen molar-refractivity contribution >= 4 is 5.91 Å². The van der Waals surface area contributed by atoms with Gasteiger partial charge < -0.3 is 10.4 Å². The van der Waals surface area contributed by atoms with Gasteiger partial charge in [-0.05, 0) is 12.8 Å². The summed E-state index contributed by atoms with van der Waals surface area (Å²) in [6.45, 7) is 1.87. The minimum absolute atomic E-state index is 0.0954. The Morgan fingerprint density at radius 2 is 2.17 bits per heavy atom. The molecule has 1 unspecified atom stereocenters. The summed E-state index contributed by atoms with van der Waals surface area (Å²) in [4.78, 5) is 10.3. The Kier molecular flexibility index (Phi) is 5.53. The summed E-state index contributed by atoms with van der Waals surface area (Å²) in [5.41, 5.74) is 0. The van der Waals surface area contributed by atoms with Gasteiger partial charge in [-0.3, -0.25) is 4.79 Å². The lowest BCUT2D eigenvalue weighted by Gasteiger charge is -2.07. The number of aliphatic hydroxyl groups excluding tert-OH is 1. The van der Waals surface area contributed by atoms with Crippen LogP contribution in [0.5, 0.6) is 0 Å². The van der Waals surface area contributed by atoms with E-state index in [0.29, 0.717) is 12.8 Å². The molecule has 0 aliphatic carbocycles. The van der Waals surface area contributed by atoms with Crippen molar-refractivity contribution in [1.29, 1.82) is 0 Å². The van der Waals surface area contributed by atoms with Gasteiger partial charge in [-0.15, -0.1) is 0 Å². The van der Waals surface area contributed by atoms with E-state index in [-0.39, 0.29) is 6.54 Å². The average Bonchev–Trinajstić information content (AvgIpc) is 2.03. The Hall–Kier alpha value is -0.710. The van der Waals surface area contributed by atoms with Gasteiger partial charge in [0.05, 0.1) is 6.10 Å². The molecule has 12 heavy (non-hydrogen) atoms. The highest BCUT2D eigenvalue weighted by Crippen LogP contribution is 1.95. The molecule has 1 atom stereocenters. The van der Waals surface area contributed by atoms with Crippen LogP contribution in [-0.2, 0) is 4.79 Å². The number of hydrogen-bond acceptors (Lipinski definition) is 2. The first-order chi connectivity index (χ1) is 5.57. The second-order valence-corrected chi connectivity index (χ2v) is 2.44. The molecule has 0 saturated heterocycles. The summed E-state index contributed by atoms with van der Waals surface area (Å²) in [5, 5.41) is 11.0. The molecule has 72 valence electrons. The molecule has 0 aliphatic heterocycles. The SMILES string of the molecule is CCC(O)CCNC(=O)C(F)F. The molecule has 0 aromatic rings. The number of halogens is 2.